The Kier molecular flexibility index (Phi) is 5.19. The molecule has 0 fully saturated rings. The molecule has 0 amide bonds. The number of nitrogens with two attached hydrogens (primary N) is 1. The zero-order chi connectivity index (χ0) is 13.7. The van der Waals surface area contributed by atoms with Crippen LogP contribution in [0.15, 0.2) is 41.4 Å². The number of hydrogen-bond acceptors (Lipinski definition) is 4. The van der Waals surface area contributed by atoms with Gasteiger partial charge in [0.15, 0.2) is 0 Å². The molecule has 0 saturated heterocycles. The van der Waals surface area contributed by atoms with Gasteiger partial charge in [-0.2, -0.15) is 0 Å². The van der Waals surface area contributed by atoms with Crippen molar-refractivity contribution in [1.29, 1.82) is 0 Å². The monoisotopic (exact) mass is 293 g/mol. The predicted molar refractivity (Wildman–Crippen MR) is 80.4 cm³/mol. The summed E-state index contributed by atoms with van der Waals surface area (Å²) in [6, 6.07) is 9.80. The molecule has 1 aromatic carbocycles. The average Bonchev–Trinajstić information content (AvgIpc) is 2.38. The molecule has 1 heterocycles. The summed E-state index contributed by atoms with van der Waals surface area (Å²) in [5, 5.41) is 0.750. The molecule has 2 aromatic rings. The lowest BCUT2D eigenvalue weighted by Gasteiger charge is -2.06. The number of aromatic nitrogens is 2. The van der Waals surface area contributed by atoms with E-state index in [1.165, 1.54) is 0 Å². The summed E-state index contributed by atoms with van der Waals surface area (Å²) in [6.45, 7) is 1.98. The van der Waals surface area contributed by atoms with E-state index in [0.717, 1.165) is 33.6 Å². The van der Waals surface area contributed by atoms with Crippen LogP contribution in [0.4, 0.5) is 0 Å². The minimum atomic E-state index is 0.117. The molecule has 0 aliphatic rings. The van der Waals surface area contributed by atoms with Gasteiger partial charge in [-0.25, -0.2) is 9.97 Å². The van der Waals surface area contributed by atoms with Gasteiger partial charge in [0.05, 0.1) is 5.75 Å². The molecule has 0 spiro atoms. The Balaban J connectivity index is 1.97. The van der Waals surface area contributed by atoms with E-state index in [0.29, 0.717) is 0 Å². The number of benzene rings is 1. The molecule has 2 rings (SSSR count). The van der Waals surface area contributed by atoms with Gasteiger partial charge in [0.2, 0.25) is 0 Å². The van der Waals surface area contributed by atoms with Gasteiger partial charge in [-0.1, -0.05) is 11.6 Å². The molecule has 5 heteroatoms. The van der Waals surface area contributed by atoms with Crippen molar-refractivity contribution in [2.75, 3.05) is 0 Å². The van der Waals surface area contributed by atoms with Crippen molar-refractivity contribution in [2.24, 2.45) is 5.73 Å². The first kappa shape index (κ1) is 14.3. The highest BCUT2D eigenvalue weighted by molar-refractivity contribution is 7.98. The lowest BCUT2D eigenvalue weighted by Crippen LogP contribution is -2.18. The minimum Gasteiger partial charge on any atom is -0.328 e. The molecule has 100 valence electrons. The molecule has 2 N–H and O–H groups in total. The van der Waals surface area contributed by atoms with Crippen LogP contribution in [0.1, 0.15) is 18.4 Å². The predicted octanol–water partition coefficient (Wildman–Crippen LogP) is 3.31. The first-order chi connectivity index (χ1) is 9.13. The zero-order valence-corrected chi connectivity index (χ0v) is 12.3. The summed E-state index contributed by atoms with van der Waals surface area (Å²) in [7, 11) is 0. The van der Waals surface area contributed by atoms with E-state index in [-0.39, 0.29) is 6.04 Å². The molecule has 1 aromatic heterocycles. The molecule has 0 aliphatic carbocycles. The smallest absolute Gasteiger partial charge is 0.138 e. The quantitative estimate of drug-likeness (QED) is 0.859. The van der Waals surface area contributed by atoms with E-state index in [2.05, 4.69) is 9.97 Å². The number of halogens is 1. The Morgan fingerprint density at radius 3 is 2.68 bits per heavy atom. The zero-order valence-electron chi connectivity index (χ0n) is 10.7. The molecular weight excluding hydrogens is 278 g/mol. The third kappa shape index (κ3) is 4.82. The first-order valence-corrected chi connectivity index (χ1v) is 7.44. The SMILES string of the molecule is CC(N)Cc1ccnc(CSc2ccc(Cl)cc2)n1. The van der Waals surface area contributed by atoms with Crippen molar-refractivity contribution in [3.63, 3.8) is 0 Å². The maximum absolute atomic E-state index is 5.85. The van der Waals surface area contributed by atoms with Crippen molar-refractivity contribution in [2.45, 2.75) is 30.0 Å². The molecular formula is C14H16ClN3S. The lowest BCUT2D eigenvalue weighted by atomic mass is 10.2. The number of thioether (sulfide) groups is 1. The van der Waals surface area contributed by atoms with Crippen LogP contribution in [-0.4, -0.2) is 16.0 Å². The topological polar surface area (TPSA) is 51.8 Å². The van der Waals surface area contributed by atoms with E-state index in [4.69, 9.17) is 17.3 Å². The summed E-state index contributed by atoms with van der Waals surface area (Å²) in [4.78, 5) is 9.95. The molecule has 0 saturated carbocycles. The number of nitrogens with zero attached hydrogens (tertiary/aromatic N) is 2. The van der Waals surface area contributed by atoms with E-state index < -0.39 is 0 Å². The van der Waals surface area contributed by atoms with E-state index in [1.54, 1.807) is 18.0 Å². The van der Waals surface area contributed by atoms with Gasteiger partial charge >= 0.3 is 0 Å². The van der Waals surface area contributed by atoms with Crippen LogP contribution in [0, 0.1) is 0 Å². The lowest BCUT2D eigenvalue weighted by molar-refractivity contribution is 0.715. The summed E-state index contributed by atoms with van der Waals surface area (Å²) < 4.78 is 0. The van der Waals surface area contributed by atoms with Crippen molar-refractivity contribution >= 4 is 23.4 Å². The summed E-state index contributed by atoms with van der Waals surface area (Å²) in [5.41, 5.74) is 6.77. The molecule has 0 radical (unpaired) electrons. The van der Waals surface area contributed by atoms with E-state index >= 15 is 0 Å². The summed E-state index contributed by atoms with van der Waals surface area (Å²) >= 11 is 7.55. The van der Waals surface area contributed by atoms with Crippen molar-refractivity contribution in [3.8, 4) is 0 Å². The Morgan fingerprint density at radius 2 is 2.00 bits per heavy atom. The van der Waals surface area contributed by atoms with Gasteiger partial charge in [-0.3, -0.25) is 0 Å². The Hall–Kier alpha value is -1.10. The minimum absolute atomic E-state index is 0.117. The largest absolute Gasteiger partial charge is 0.328 e. The van der Waals surface area contributed by atoms with Crippen LogP contribution >= 0.6 is 23.4 Å². The van der Waals surface area contributed by atoms with E-state index in [9.17, 15) is 0 Å². The van der Waals surface area contributed by atoms with Crippen LogP contribution in [0.2, 0.25) is 5.02 Å². The van der Waals surface area contributed by atoms with Gasteiger partial charge < -0.3 is 5.73 Å². The fraction of sp³-hybridized carbons (Fsp3) is 0.286. The maximum Gasteiger partial charge on any atom is 0.138 e. The summed E-state index contributed by atoms with van der Waals surface area (Å²) in [6.07, 6.45) is 2.57. The Labute approximate surface area is 122 Å². The molecule has 1 atom stereocenters. The highest BCUT2D eigenvalue weighted by atomic mass is 35.5. The summed E-state index contributed by atoms with van der Waals surface area (Å²) in [5.74, 6) is 1.58. The van der Waals surface area contributed by atoms with Gasteiger partial charge in [0, 0.05) is 34.3 Å². The van der Waals surface area contributed by atoms with E-state index in [1.807, 2.05) is 37.3 Å². The maximum atomic E-state index is 5.85. The second-order valence-corrected chi connectivity index (χ2v) is 5.87. The molecule has 19 heavy (non-hydrogen) atoms. The fourth-order valence-corrected chi connectivity index (χ4v) is 2.52. The third-order valence-electron chi connectivity index (χ3n) is 2.48. The van der Waals surface area contributed by atoms with Crippen molar-refractivity contribution in [3.05, 3.63) is 53.1 Å². The number of hydrogen-bond donors (Lipinski definition) is 1. The van der Waals surface area contributed by atoms with Gasteiger partial charge in [0.25, 0.3) is 0 Å². The molecule has 0 bridgehead atoms. The second kappa shape index (κ2) is 6.89. The standard InChI is InChI=1S/C14H16ClN3S/c1-10(16)8-12-6-7-17-14(18-12)9-19-13-4-2-11(15)3-5-13/h2-7,10H,8-9,16H2,1H3. The van der Waals surface area contributed by atoms with Crippen LogP contribution in [0.5, 0.6) is 0 Å². The molecule has 1 unspecified atom stereocenters. The van der Waals surface area contributed by atoms with Crippen LogP contribution < -0.4 is 5.73 Å². The highest BCUT2D eigenvalue weighted by Crippen LogP contribution is 2.22. The second-order valence-electron chi connectivity index (χ2n) is 4.39. The highest BCUT2D eigenvalue weighted by Gasteiger charge is 2.03. The fourth-order valence-electron chi connectivity index (χ4n) is 1.63. The Morgan fingerprint density at radius 1 is 1.26 bits per heavy atom. The van der Waals surface area contributed by atoms with Crippen LogP contribution in [-0.2, 0) is 12.2 Å². The third-order valence-corrected chi connectivity index (χ3v) is 3.74. The molecule has 3 nitrogen and oxygen atoms in total. The number of rotatable bonds is 5. The normalized spacial score (nSPS) is 12.4. The first-order valence-electron chi connectivity index (χ1n) is 6.08. The van der Waals surface area contributed by atoms with Gasteiger partial charge in [-0.15, -0.1) is 11.8 Å². The van der Waals surface area contributed by atoms with Crippen molar-refractivity contribution in [1.82, 2.24) is 9.97 Å². The van der Waals surface area contributed by atoms with Gasteiger partial charge in [0.1, 0.15) is 5.82 Å². The Bertz CT molecular complexity index is 528. The van der Waals surface area contributed by atoms with Crippen molar-refractivity contribution < 1.29 is 0 Å². The molecule has 0 aliphatic heterocycles. The van der Waals surface area contributed by atoms with Gasteiger partial charge in [-0.05, 0) is 37.3 Å². The van der Waals surface area contributed by atoms with Crippen LogP contribution in [0.25, 0.3) is 0 Å². The van der Waals surface area contributed by atoms with Crippen LogP contribution in [0.3, 0.4) is 0 Å². The average molecular weight is 294 g/mol.